The van der Waals surface area contributed by atoms with Crippen LogP contribution in [-0.2, 0) is 16.0 Å². The first-order chi connectivity index (χ1) is 12.2. The maximum atomic E-state index is 12.6. The number of para-hydroxylation sites is 2. The molecule has 1 atom stereocenters. The van der Waals surface area contributed by atoms with Gasteiger partial charge in [0.05, 0.1) is 24.1 Å². The van der Waals surface area contributed by atoms with Crippen LogP contribution in [0.5, 0.6) is 0 Å². The first kappa shape index (κ1) is 15.3. The molecular weight excluding hydrogens is 322 g/mol. The van der Waals surface area contributed by atoms with Crippen LogP contribution < -0.4 is 10.9 Å². The number of amides is 1. The Morgan fingerprint density at radius 2 is 1.92 bits per heavy atom. The van der Waals surface area contributed by atoms with Crippen molar-refractivity contribution in [3.8, 4) is 0 Å². The molecule has 7 nitrogen and oxygen atoms in total. The molecule has 0 spiro atoms. The summed E-state index contributed by atoms with van der Waals surface area (Å²) in [5.41, 5.74) is 0.981. The molecule has 0 saturated heterocycles. The summed E-state index contributed by atoms with van der Waals surface area (Å²) in [6.45, 7) is 0.627. The highest BCUT2D eigenvalue weighted by molar-refractivity contribution is 5.84. The van der Waals surface area contributed by atoms with Crippen molar-refractivity contribution in [2.24, 2.45) is 0 Å². The molecule has 0 bridgehead atoms. The molecule has 1 aliphatic rings. The van der Waals surface area contributed by atoms with Crippen LogP contribution in [0.4, 0.5) is 10.5 Å². The molecule has 0 aliphatic carbocycles. The number of benzene rings is 2. The van der Waals surface area contributed by atoms with E-state index >= 15 is 0 Å². The zero-order chi connectivity index (χ0) is 17.2. The van der Waals surface area contributed by atoms with E-state index < -0.39 is 12.4 Å². The van der Waals surface area contributed by atoms with E-state index in [0.717, 1.165) is 0 Å². The number of carbonyl (C=O) groups is 1. The van der Waals surface area contributed by atoms with Gasteiger partial charge in [0.1, 0.15) is 0 Å². The van der Waals surface area contributed by atoms with Crippen molar-refractivity contribution >= 4 is 22.7 Å². The molecule has 7 heteroatoms. The number of aromatic nitrogens is 2. The van der Waals surface area contributed by atoms with Gasteiger partial charge in [-0.2, -0.15) is 0 Å². The SMILES string of the molecule is O=C(Nc1ccccc1)OC1OCCn2c1nc1ccccc1c2=O. The lowest BCUT2D eigenvalue weighted by Crippen LogP contribution is -2.35. The van der Waals surface area contributed by atoms with Crippen molar-refractivity contribution < 1.29 is 14.3 Å². The predicted octanol–water partition coefficient (Wildman–Crippen LogP) is 2.67. The van der Waals surface area contributed by atoms with Crippen molar-refractivity contribution in [3.63, 3.8) is 0 Å². The van der Waals surface area contributed by atoms with Gasteiger partial charge in [-0.3, -0.25) is 14.7 Å². The van der Waals surface area contributed by atoms with E-state index in [-0.39, 0.29) is 18.0 Å². The maximum Gasteiger partial charge on any atom is 0.414 e. The van der Waals surface area contributed by atoms with E-state index in [1.54, 1.807) is 48.5 Å². The molecule has 2 aromatic carbocycles. The van der Waals surface area contributed by atoms with E-state index in [1.165, 1.54) is 4.57 Å². The van der Waals surface area contributed by atoms with Crippen molar-refractivity contribution in [2.45, 2.75) is 12.8 Å². The zero-order valence-corrected chi connectivity index (χ0v) is 13.2. The Hall–Kier alpha value is -3.19. The number of nitrogens with zero attached hydrogens (tertiary/aromatic N) is 2. The standard InChI is InChI=1S/C18H15N3O4/c22-16-13-8-4-5-9-14(13)20-15-17(24-11-10-21(15)16)25-18(23)19-12-6-2-1-3-7-12/h1-9,17H,10-11H2,(H,19,23). The first-order valence-corrected chi connectivity index (χ1v) is 7.86. The molecule has 1 aromatic heterocycles. The third kappa shape index (κ3) is 2.97. The molecular formula is C18H15N3O4. The van der Waals surface area contributed by atoms with Gasteiger partial charge in [-0.05, 0) is 24.3 Å². The lowest BCUT2D eigenvalue weighted by atomic mass is 10.2. The molecule has 2 heterocycles. The Bertz CT molecular complexity index is 985. The topological polar surface area (TPSA) is 82.4 Å². The van der Waals surface area contributed by atoms with Crippen molar-refractivity contribution in [2.75, 3.05) is 11.9 Å². The number of rotatable bonds is 2. The number of fused-ring (bicyclic) bond motifs is 2. The average Bonchev–Trinajstić information content (AvgIpc) is 2.63. The Morgan fingerprint density at radius 1 is 1.16 bits per heavy atom. The quantitative estimate of drug-likeness (QED) is 0.777. The summed E-state index contributed by atoms with van der Waals surface area (Å²) in [5.74, 6) is 0.290. The summed E-state index contributed by atoms with van der Waals surface area (Å²) in [5, 5.41) is 3.14. The van der Waals surface area contributed by atoms with E-state index in [1.807, 2.05) is 6.07 Å². The van der Waals surface area contributed by atoms with E-state index in [4.69, 9.17) is 9.47 Å². The Labute approximate surface area is 142 Å². The summed E-state index contributed by atoms with van der Waals surface area (Å²) in [6.07, 6.45) is -1.71. The Morgan fingerprint density at radius 3 is 2.76 bits per heavy atom. The van der Waals surface area contributed by atoms with Crippen molar-refractivity contribution in [3.05, 3.63) is 70.8 Å². The van der Waals surface area contributed by atoms with Gasteiger partial charge in [0.15, 0.2) is 5.82 Å². The molecule has 1 aliphatic heterocycles. The van der Waals surface area contributed by atoms with Gasteiger partial charge in [0.2, 0.25) is 0 Å². The summed E-state index contributed by atoms with van der Waals surface area (Å²) in [6, 6.07) is 16.0. The van der Waals surface area contributed by atoms with Gasteiger partial charge in [0.25, 0.3) is 11.8 Å². The molecule has 1 amide bonds. The van der Waals surface area contributed by atoms with Gasteiger partial charge in [-0.25, -0.2) is 9.78 Å². The molecule has 0 radical (unpaired) electrons. The highest BCUT2D eigenvalue weighted by Crippen LogP contribution is 2.23. The minimum Gasteiger partial charge on any atom is -0.411 e. The lowest BCUT2D eigenvalue weighted by Gasteiger charge is -2.26. The largest absolute Gasteiger partial charge is 0.414 e. The highest BCUT2D eigenvalue weighted by Gasteiger charge is 2.28. The fraction of sp³-hybridized carbons (Fsp3) is 0.167. The fourth-order valence-electron chi connectivity index (χ4n) is 2.76. The number of hydrogen-bond acceptors (Lipinski definition) is 5. The van der Waals surface area contributed by atoms with Crippen LogP contribution in [0.15, 0.2) is 59.4 Å². The molecule has 4 rings (SSSR count). The lowest BCUT2D eigenvalue weighted by molar-refractivity contribution is -0.128. The van der Waals surface area contributed by atoms with Crippen LogP contribution in [0.1, 0.15) is 12.1 Å². The van der Waals surface area contributed by atoms with Gasteiger partial charge >= 0.3 is 6.09 Å². The van der Waals surface area contributed by atoms with Crippen molar-refractivity contribution in [1.29, 1.82) is 0 Å². The molecule has 0 saturated carbocycles. The van der Waals surface area contributed by atoms with Gasteiger partial charge in [-0.1, -0.05) is 30.3 Å². The zero-order valence-electron chi connectivity index (χ0n) is 13.2. The molecule has 3 aromatic rings. The smallest absolute Gasteiger partial charge is 0.411 e. The third-order valence-electron chi connectivity index (χ3n) is 3.92. The maximum absolute atomic E-state index is 12.6. The highest BCUT2D eigenvalue weighted by atomic mass is 16.7. The van der Waals surface area contributed by atoms with Gasteiger partial charge in [-0.15, -0.1) is 0 Å². The second-order valence-corrected chi connectivity index (χ2v) is 5.54. The van der Waals surface area contributed by atoms with E-state index in [0.29, 0.717) is 23.1 Å². The van der Waals surface area contributed by atoms with Crippen LogP contribution in [-0.4, -0.2) is 22.3 Å². The first-order valence-electron chi connectivity index (χ1n) is 7.86. The number of carbonyl (C=O) groups excluding carboxylic acids is 1. The Kier molecular flexibility index (Phi) is 3.91. The number of anilines is 1. The summed E-state index contributed by atoms with van der Waals surface area (Å²) in [7, 11) is 0. The predicted molar refractivity (Wildman–Crippen MR) is 91.2 cm³/mol. The van der Waals surface area contributed by atoms with Crippen LogP contribution in [0.2, 0.25) is 0 Å². The minimum atomic E-state index is -1.03. The summed E-state index contributed by atoms with van der Waals surface area (Å²) >= 11 is 0. The van der Waals surface area contributed by atoms with Gasteiger partial charge < -0.3 is 9.47 Å². The minimum absolute atomic E-state index is 0.166. The monoisotopic (exact) mass is 337 g/mol. The second-order valence-electron chi connectivity index (χ2n) is 5.54. The van der Waals surface area contributed by atoms with E-state index in [9.17, 15) is 9.59 Å². The van der Waals surface area contributed by atoms with E-state index in [2.05, 4.69) is 10.3 Å². The van der Waals surface area contributed by atoms with Crippen LogP contribution in [0.3, 0.4) is 0 Å². The number of hydrogen-bond donors (Lipinski definition) is 1. The molecule has 126 valence electrons. The second kappa shape index (κ2) is 6.37. The number of nitrogens with one attached hydrogen (secondary N) is 1. The van der Waals surface area contributed by atoms with Gasteiger partial charge in [0, 0.05) is 5.69 Å². The summed E-state index contributed by atoms with van der Waals surface area (Å²) < 4.78 is 12.3. The van der Waals surface area contributed by atoms with Crippen LogP contribution >= 0.6 is 0 Å². The third-order valence-corrected chi connectivity index (χ3v) is 3.92. The summed E-state index contributed by atoms with van der Waals surface area (Å²) in [4.78, 5) is 29.2. The van der Waals surface area contributed by atoms with Crippen LogP contribution in [0.25, 0.3) is 10.9 Å². The molecule has 0 fully saturated rings. The fourth-order valence-corrected chi connectivity index (χ4v) is 2.76. The molecule has 1 N–H and O–H groups in total. The normalized spacial score (nSPS) is 16.2. The van der Waals surface area contributed by atoms with Crippen molar-refractivity contribution in [1.82, 2.24) is 9.55 Å². The molecule has 1 unspecified atom stereocenters. The molecule has 25 heavy (non-hydrogen) atoms. The number of ether oxygens (including phenoxy) is 2. The average molecular weight is 337 g/mol. The van der Waals surface area contributed by atoms with Crippen LogP contribution in [0, 0.1) is 0 Å². The Balaban J connectivity index is 1.63.